The normalized spacial score (nSPS) is 10.7. The van der Waals surface area contributed by atoms with Crippen molar-refractivity contribution in [1.82, 2.24) is 0 Å². The number of aryl methyl sites for hydroxylation is 1. The topological polar surface area (TPSA) is 35.5 Å². The van der Waals surface area contributed by atoms with Crippen molar-refractivity contribution in [2.75, 3.05) is 13.2 Å². The van der Waals surface area contributed by atoms with E-state index in [1.165, 1.54) is 0 Å². The van der Waals surface area contributed by atoms with Crippen molar-refractivity contribution < 1.29 is 14.3 Å². The molecular weight excluding hydrogens is 228 g/mol. The summed E-state index contributed by atoms with van der Waals surface area (Å²) in [6, 6.07) is 5.70. The molecule has 0 amide bonds. The molecule has 0 aliphatic rings. The van der Waals surface area contributed by atoms with Crippen molar-refractivity contribution >= 4 is 5.97 Å². The Labute approximate surface area is 109 Å². The van der Waals surface area contributed by atoms with Crippen molar-refractivity contribution in [1.29, 1.82) is 0 Å². The zero-order valence-corrected chi connectivity index (χ0v) is 11.7. The summed E-state index contributed by atoms with van der Waals surface area (Å²) < 4.78 is 10.7. The summed E-state index contributed by atoms with van der Waals surface area (Å²) in [4.78, 5) is 11.6. The van der Waals surface area contributed by atoms with Crippen LogP contribution in [0.25, 0.3) is 0 Å². The van der Waals surface area contributed by atoms with E-state index in [4.69, 9.17) is 9.47 Å². The number of ether oxygens (including phenoxy) is 2. The van der Waals surface area contributed by atoms with E-state index in [0.717, 1.165) is 11.1 Å². The highest BCUT2D eigenvalue weighted by Gasteiger charge is 2.08. The molecule has 100 valence electrons. The Balaban J connectivity index is 2.38. The van der Waals surface area contributed by atoms with E-state index in [9.17, 15) is 4.79 Å². The quantitative estimate of drug-likeness (QED) is 0.441. The predicted molar refractivity (Wildman–Crippen MR) is 71.8 cm³/mol. The number of carbonyl (C=O) groups is 1. The van der Waals surface area contributed by atoms with Gasteiger partial charge < -0.3 is 9.47 Å². The van der Waals surface area contributed by atoms with Crippen molar-refractivity contribution in [3.8, 4) is 5.75 Å². The molecule has 0 heterocycles. The first-order valence-electron chi connectivity index (χ1n) is 6.35. The zero-order valence-electron chi connectivity index (χ0n) is 11.7. The Bertz CT molecular complexity index is 397. The molecule has 18 heavy (non-hydrogen) atoms. The Morgan fingerprint density at radius 2 is 2.00 bits per heavy atom. The fourth-order valence-electron chi connectivity index (χ4n) is 1.48. The molecule has 0 aliphatic carbocycles. The number of rotatable bonds is 6. The molecule has 0 spiro atoms. The molecule has 0 bridgehead atoms. The Morgan fingerprint density at radius 1 is 1.28 bits per heavy atom. The fraction of sp³-hybridized carbons (Fsp3) is 0.533. The van der Waals surface area contributed by atoms with Crippen LogP contribution in [-0.2, 0) is 9.53 Å². The molecule has 0 saturated carbocycles. The van der Waals surface area contributed by atoms with Gasteiger partial charge in [-0.2, -0.15) is 0 Å². The number of hydrogen-bond donors (Lipinski definition) is 0. The van der Waals surface area contributed by atoms with Gasteiger partial charge in [-0.3, -0.25) is 4.79 Å². The maximum Gasteiger partial charge on any atom is 0.313 e. The lowest BCUT2D eigenvalue weighted by atomic mass is 10.1. The maximum absolute atomic E-state index is 11.6. The molecule has 0 saturated heterocycles. The van der Waals surface area contributed by atoms with Crippen LogP contribution in [0.1, 0.15) is 31.4 Å². The highest BCUT2D eigenvalue weighted by Crippen LogP contribution is 2.20. The van der Waals surface area contributed by atoms with Crippen LogP contribution < -0.4 is 4.74 Å². The molecule has 1 aromatic rings. The van der Waals surface area contributed by atoms with E-state index in [2.05, 4.69) is 13.8 Å². The fourth-order valence-corrected chi connectivity index (χ4v) is 1.48. The van der Waals surface area contributed by atoms with Crippen LogP contribution in [0.3, 0.4) is 0 Å². The summed E-state index contributed by atoms with van der Waals surface area (Å²) in [5.41, 5.74) is 2.13. The third-order valence-electron chi connectivity index (χ3n) is 2.68. The monoisotopic (exact) mass is 250 g/mol. The van der Waals surface area contributed by atoms with Crippen molar-refractivity contribution in [2.24, 2.45) is 5.92 Å². The molecule has 0 aromatic heterocycles. The maximum atomic E-state index is 11.6. The number of esters is 1. The molecule has 0 N–H and O–H groups in total. The van der Waals surface area contributed by atoms with Crippen molar-refractivity contribution in [3.05, 3.63) is 29.3 Å². The highest BCUT2D eigenvalue weighted by atomic mass is 16.5. The molecule has 0 unspecified atom stereocenters. The van der Waals surface area contributed by atoms with Crippen LogP contribution in [-0.4, -0.2) is 19.2 Å². The third-order valence-corrected chi connectivity index (χ3v) is 2.68. The second kappa shape index (κ2) is 7.17. The highest BCUT2D eigenvalue weighted by molar-refractivity contribution is 5.73. The molecule has 3 heteroatoms. The van der Waals surface area contributed by atoms with Gasteiger partial charge in [0.1, 0.15) is 5.75 Å². The molecule has 0 aliphatic heterocycles. The Hall–Kier alpha value is -1.35. The van der Waals surface area contributed by atoms with Crippen LogP contribution in [0.2, 0.25) is 0 Å². The first-order chi connectivity index (χ1) is 8.50. The van der Waals surface area contributed by atoms with Gasteiger partial charge in [0, 0.05) is 6.61 Å². The second-order valence-corrected chi connectivity index (χ2v) is 4.89. The minimum atomic E-state index is -0.243. The van der Waals surface area contributed by atoms with Gasteiger partial charge in [0.2, 0.25) is 0 Å². The van der Waals surface area contributed by atoms with Crippen LogP contribution in [0.15, 0.2) is 18.2 Å². The van der Waals surface area contributed by atoms with Gasteiger partial charge in [-0.25, -0.2) is 0 Å². The number of carbonyl (C=O) groups excluding carboxylic acids is 1. The van der Waals surface area contributed by atoms with Crippen LogP contribution >= 0.6 is 0 Å². The molecule has 3 nitrogen and oxygen atoms in total. The summed E-state index contributed by atoms with van der Waals surface area (Å²) in [7, 11) is 0. The van der Waals surface area contributed by atoms with E-state index < -0.39 is 0 Å². The van der Waals surface area contributed by atoms with Gasteiger partial charge in [0.15, 0.2) is 0 Å². The summed E-state index contributed by atoms with van der Waals surface area (Å²) in [6.07, 6.45) is 0.292. The summed E-state index contributed by atoms with van der Waals surface area (Å²) >= 11 is 0. The molecule has 0 radical (unpaired) electrons. The Morgan fingerprint density at radius 3 is 2.67 bits per heavy atom. The third kappa shape index (κ3) is 4.88. The van der Waals surface area contributed by atoms with Crippen LogP contribution in [0.5, 0.6) is 5.75 Å². The van der Waals surface area contributed by atoms with E-state index >= 15 is 0 Å². The molecule has 1 aromatic carbocycles. The minimum Gasteiger partial charge on any atom is -0.426 e. The van der Waals surface area contributed by atoms with E-state index in [1.54, 1.807) is 0 Å². The van der Waals surface area contributed by atoms with E-state index in [0.29, 0.717) is 31.3 Å². The summed E-state index contributed by atoms with van der Waals surface area (Å²) in [6.45, 7) is 9.20. The Kier molecular flexibility index (Phi) is 5.86. The lowest BCUT2D eigenvalue weighted by molar-refractivity contribution is -0.135. The summed E-state index contributed by atoms with van der Waals surface area (Å²) in [5.74, 6) is 0.886. The molecular formula is C15H22O3. The van der Waals surface area contributed by atoms with Gasteiger partial charge in [0.05, 0.1) is 13.0 Å². The average molecular weight is 250 g/mol. The van der Waals surface area contributed by atoms with Gasteiger partial charge in [-0.15, -0.1) is 0 Å². The van der Waals surface area contributed by atoms with Gasteiger partial charge in [-0.1, -0.05) is 26.0 Å². The minimum absolute atomic E-state index is 0.243. The van der Waals surface area contributed by atoms with Gasteiger partial charge >= 0.3 is 5.97 Å². The van der Waals surface area contributed by atoms with Crippen LogP contribution in [0, 0.1) is 19.8 Å². The van der Waals surface area contributed by atoms with Gasteiger partial charge in [0.25, 0.3) is 0 Å². The zero-order chi connectivity index (χ0) is 13.5. The lowest BCUT2D eigenvalue weighted by Crippen LogP contribution is -2.13. The van der Waals surface area contributed by atoms with E-state index in [1.807, 2.05) is 32.0 Å². The summed E-state index contributed by atoms with van der Waals surface area (Å²) in [5, 5.41) is 0. The average Bonchev–Trinajstić information content (AvgIpc) is 2.30. The van der Waals surface area contributed by atoms with Gasteiger partial charge in [-0.05, 0) is 37.0 Å². The standard InChI is InChI=1S/C15H22O3/c1-11(2)10-17-9-8-15(16)18-14-7-5-6-12(3)13(14)4/h5-7,11H,8-10H2,1-4H3. The number of hydrogen-bond acceptors (Lipinski definition) is 3. The molecule has 0 fully saturated rings. The first kappa shape index (κ1) is 14.7. The molecule has 0 atom stereocenters. The second-order valence-electron chi connectivity index (χ2n) is 4.89. The number of benzene rings is 1. The first-order valence-corrected chi connectivity index (χ1v) is 6.35. The van der Waals surface area contributed by atoms with E-state index in [-0.39, 0.29) is 5.97 Å². The molecule has 1 rings (SSSR count). The van der Waals surface area contributed by atoms with Crippen molar-refractivity contribution in [2.45, 2.75) is 34.1 Å². The smallest absolute Gasteiger partial charge is 0.313 e. The van der Waals surface area contributed by atoms with Crippen LogP contribution in [0.4, 0.5) is 0 Å². The lowest BCUT2D eigenvalue weighted by Gasteiger charge is -2.10. The predicted octanol–water partition coefficient (Wildman–Crippen LogP) is 3.27. The largest absolute Gasteiger partial charge is 0.426 e. The van der Waals surface area contributed by atoms with Crippen molar-refractivity contribution in [3.63, 3.8) is 0 Å². The SMILES string of the molecule is Cc1cccc(OC(=O)CCOCC(C)C)c1C.